The van der Waals surface area contributed by atoms with Crippen LogP contribution in [0.2, 0.25) is 0 Å². The van der Waals surface area contributed by atoms with Crippen molar-refractivity contribution in [2.24, 2.45) is 0 Å². The van der Waals surface area contributed by atoms with Gasteiger partial charge in [0.1, 0.15) is 12.2 Å². The van der Waals surface area contributed by atoms with Crippen molar-refractivity contribution in [3.63, 3.8) is 0 Å². The minimum Gasteiger partial charge on any atom is -0.458 e. The second-order valence-corrected chi connectivity index (χ2v) is 5.52. The fourth-order valence-electron chi connectivity index (χ4n) is 1.71. The molecule has 4 nitrogen and oxygen atoms in total. The van der Waals surface area contributed by atoms with Crippen LogP contribution in [0.1, 0.15) is 43.6 Å². The van der Waals surface area contributed by atoms with Gasteiger partial charge in [0.25, 0.3) is 0 Å². The molecular weight excluding hydrogens is 268 g/mol. The molecule has 114 valence electrons. The lowest BCUT2D eigenvalue weighted by Gasteiger charge is -2.24. The first kappa shape index (κ1) is 17.0. The normalized spacial score (nSPS) is 10.9. The van der Waals surface area contributed by atoms with Gasteiger partial charge in [0, 0.05) is 5.57 Å². The lowest BCUT2D eigenvalue weighted by Crippen LogP contribution is -2.34. The predicted molar refractivity (Wildman–Crippen MR) is 81.1 cm³/mol. The van der Waals surface area contributed by atoms with E-state index in [2.05, 4.69) is 6.58 Å². The predicted octanol–water partition coefficient (Wildman–Crippen LogP) is 3.30. The van der Waals surface area contributed by atoms with E-state index in [1.165, 1.54) is 0 Å². The zero-order chi connectivity index (χ0) is 16.0. The van der Waals surface area contributed by atoms with Crippen LogP contribution in [0.4, 0.5) is 0 Å². The van der Waals surface area contributed by atoms with E-state index in [1.54, 1.807) is 32.9 Å². The molecule has 0 unspecified atom stereocenters. The van der Waals surface area contributed by atoms with Gasteiger partial charge in [-0.25, -0.2) is 9.59 Å². The first-order chi connectivity index (χ1) is 9.76. The average Bonchev–Trinajstić information content (AvgIpc) is 2.44. The van der Waals surface area contributed by atoms with E-state index < -0.39 is 17.5 Å². The summed E-state index contributed by atoms with van der Waals surface area (Å²) < 4.78 is 10.5. The monoisotopic (exact) mass is 290 g/mol. The van der Waals surface area contributed by atoms with Gasteiger partial charge in [0.05, 0.1) is 5.56 Å². The molecule has 0 radical (unpaired) electrons. The minimum absolute atomic E-state index is 0.0110. The van der Waals surface area contributed by atoms with Crippen LogP contribution in [0.5, 0.6) is 0 Å². The molecule has 4 heteroatoms. The summed E-state index contributed by atoms with van der Waals surface area (Å²) in [6.45, 7) is 10.4. The van der Waals surface area contributed by atoms with Gasteiger partial charge in [-0.05, 0) is 38.8 Å². The van der Waals surface area contributed by atoms with Gasteiger partial charge in [-0.2, -0.15) is 0 Å². The summed E-state index contributed by atoms with van der Waals surface area (Å²) in [4.78, 5) is 23.6. The van der Waals surface area contributed by atoms with Crippen molar-refractivity contribution in [1.82, 2.24) is 0 Å². The molecule has 0 saturated carbocycles. The molecule has 1 rings (SSSR count). The molecule has 1 aromatic carbocycles. The Morgan fingerprint density at radius 1 is 1.24 bits per heavy atom. The van der Waals surface area contributed by atoms with Gasteiger partial charge in [-0.3, -0.25) is 0 Å². The van der Waals surface area contributed by atoms with Crippen LogP contribution in [-0.4, -0.2) is 24.1 Å². The zero-order valence-corrected chi connectivity index (χ0v) is 13.1. The van der Waals surface area contributed by atoms with Crippen molar-refractivity contribution in [3.05, 3.63) is 47.5 Å². The maximum atomic E-state index is 12.1. The highest BCUT2D eigenvalue weighted by molar-refractivity contribution is 5.91. The van der Waals surface area contributed by atoms with Crippen LogP contribution < -0.4 is 0 Å². The molecule has 0 aliphatic carbocycles. The molecule has 0 atom stereocenters. The van der Waals surface area contributed by atoms with Crippen molar-refractivity contribution in [3.8, 4) is 0 Å². The third kappa shape index (κ3) is 5.06. The number of hydrogen-bond donors (Lipinski definition) is 0. The molecule has 0 aliphatic heterocycles. The number of aryl methyl sites for hydroxylation is 1. The molecule has 0 bridgehead atoms. The summed E-state index contributed by atoms with van der Waals surface area (Å²) in [5, 5.41) is 0. The van der Waals surface area contributed by atoms with Crippen LogP contribution in [-0.2, 0) is 20.7 Å². The molecule has 0 aliphatic rings. The standard InChI is InChI=1S/C17H22O4/c1-6-13-9-7-8-10-14(13)16(19)20-11-17(4,5)21-15(18)12(2)3/h7-10H,2,6,11H2,1,3-5H3. The summed E-state index contributed by atoms with van der Waals surface area (Å²) in [7, 11) is 0. The number of hydrogen-bond acceptors (Lipinski definition) is 4. The Labute approximate surface area is 125 Å². The molecule has 0 N–H and O–H groups in total. The van der Waals surface area contributed by atoms with Crippen LogP contribution >= 0.6 is 0 Å². The van der Waals surface area contributed by atoms with Gasteiger partial charge in [0.15, 0.2) is 0 Å². The molecule has 0 aromatic heterocycles. The SMILES string of the molecule is C=C(C)C(=O)OC(C)(C)COC(=O)c1ccccc1CC. The van der Waals surface area contributed by atoms with Crippen LogP contribution in [0, 0.1) is 0 Å². The van der Waals surface area contributed by atoms with Crippen molar-refractivity contribution in [1.29, 1.82) is 0 Å². The maximum absolute atomic E-state index is 12.1. The first-order valence-corrected chi connectivity index (χ1v) is 6.90. The number of ether oxygens (including phenoxy) is 2. The molecule has 0 heterocycles. The van der Waals surface area contributed by atoms with Gasteiger partial charge in [-0.1, -0.05) is 31.7 Å². The van der Waals surface area contributed by atoms with E-state index >= 15 is 0 Å². The summed E-state index contributed by atoms with van der Waals surface area (Å²) in [5.41, 5.74) is 0.888. The second-order valence-electron chi connectivity index (χ2n) is 5.52. The summed E-state index contributed by atoms with van der Waals surface area (Å²) >= 11 is 0. The Morgan fingerprint density at radius 2 is 1.86 bits per heavy atom. The maximum Gasteiger partial charge on any atom is 0.338 e. The first-order valence-electron chi connectivity index (χ1n) is 6.90. The summed E-state index contributed by atoms with van der Waals surface area (Å²) in [5.74, 6) is -0.906. The highest BCUT2D eigenvalue weighted by Gasteiger charge is 2.26. The smallest absolute Gasteiger partial charge is 0.338 e. The molecule has 1 aromatic rings. The Hall–Kier alpha value is -2.10. The van der Waals surface area contributed by atoms with Gasteiger partial charge >= 0.3 is 11.9 Å². The van der Waals surface area contributed by atoms with Gasteiger partial charge in [-0.15, -0.1) is 0 Å². The Kier molecular flexibility index (Phi) is 5.70. The van der Waals surface area contributed by atoms with E-state index in [0.717, 1.165) is 12.0 Å². The lowest BCUT2D eigenvalue weighted by atomic mass is 10.1. The molecule has 0 saturated heterocycles. The fourth-order valence-corrected chi connectivity index (χ4v) is 1.71. The summed E-state index contributed by atoms with van der Waals surface area (Å²) in [6, 6.07) is 7.30. The van der Waals surface area contributed by atoms with Crippen molar-refractivity contribution < 1.29 is 19.1 Å². The fraction of sp³-hybridized carbons (Fsp3) is 0.412. The largest absolute Gasteiger partial charge is 0.458 e. The van der Waals surface area contributed by atoms with E-state index in [-0.39, 0.29) is 6.61 Å². The molecular formula is C17H22O4. The van der Waals surface area contributed by atoms with E-state index in [0.29, 0.717) is 11.1 Å². The highest BCUT2D eigenvalue weighted by atomic mass is 16.6. The van der Waals surface area contributed by atoms with Gasteiger partial charge < -0.3 is 9.47 Å². The van der Waals surface area contributed by atoms with E-state index in [4.69, 9.17) is 9.47 Å². The average molecular weight is 290 g/mol. The van der Waals surface area contributed by atoms with Crippen molar-refractivity contribution in [2.45, 2.75) is 39.7 Å². The second kappa shape index (κ2) is 7.07. The lowest BCUT2D eigenvalue weighted by molar-refractivity contribution is -0.155. The third-order valence-electron chi connectivity index (χ3n) is 2.89. The Morgan fingerprint density at radius 3 is 2.43 bits per heavy atom. The number of carbonyl (C=O) groups excluding carboxylic acids is 2. The minimum atomic E-state index is -0.896. The number of benzene rings is 1. The molecule has 0 fully saturated rings. The Balaban J connectivity index is 2.67. The number of carbonyl (C=O) groups is 2. The Bertz CT molecular complexity index is 543. The molecule has 0 amide bonds. The van der Waals surface area contributed by atoms with Crippen LogP contribution in [0.15, 0.2) is 36.4 Å². The quantitative estimate of drug-likeness (QED) is 0.596. The van der Waals surface area contributed by atoms with E-state index in [9.17, 15) is 9.59 Å². The number of rotatable bonds is 6. The van der Waals surface area contributed by atoms with E-state index in [1.807, 2.05) is 19.1 Å². The topological polar surface area (TPSA) is 52.6 Å². The van der Waals surface area contributed by atoms with Crippen LogP contribution in [0.3, 0.4) is 0 Å². The van der Waals surface area contributed by atoms with Crippen LogP contribution in [0.25, 0.3) is 0 Å². The summed E-state index contributed by atoms with van der Waals surface area (Å²) in [6.07, 6.45) is 0.749. The zero-order valence-electron chi connectivity index (χ0n) is 13.1. The number of esters is 2. The van der Waals surface area contributed by atoms with Crippen molar-refractivity contribution in [2.75, 3.05) is 6.61 Å². The molecule has 0 spiro atoms. The molecule has 21 heavy (non-hydrogen) atoms. The van der Waals surface area contributed by atoms with Gasteiger partial charge in [0.2, 0.25) is 0 Å². The van der Waals surface area contributed by atoms with Crippen molar-refractivity contribution >= 4 is 11.9 Å². The highest BCUT2D eigenvalue weighted by Crippen LogP contribution is 2.15. The third-order valence-corrected chi connectivity index (χ3v) is 2.89.